The van der Waals surface area contributed by atoms with E-state index in [0.717, 1.165) is 38.5 Å². The molecule has 0 radical (unpaired) electrons. The molecular weight excluding hydrogens is 444 g/mol. The summed E-state index contributed by atoms with van der Waals surface area (Å²) >= 11 is 0. The van der Waals surface area contributed by atoms with Crippen molar-refractivity contribution in [2.75, 3.05) is 0 Å². The topological polar surface area (TPSA) is 46.5 Å². The molecule has 0 amide bonds. The number of hydrogen-bond donors (Lipinski definition) is 1. The van der Waals surface area contributed by atoms with Crippen molar-refractivity contribution in [3.05, 3.63) is 73.0 Å². The van der Waals surface area contributed by atoms with E-state index < -0.39 is 0 Å². The molecule has 204 valence electrons. The number of Topliss-reactive ketones (excluding diaryl/α,β-unsaturated/α-hetero) is 1. The van der Waals surface area contributed by atoms with E-state index >= 15 is 0 Å². The molecule has 1 aromatic rings. The molecule has 0 bridgehead atoms. The van der Waals surface area contributed by atoms with E-state index in [1.165, 1.54) is 11.3 Å². The first-order valence-corrected chi connectivity index (χ1v) is 13.8. The fourth-order valence-corrected chi connectivity index (χ4v) is 3.53. The van der Waals surface area contributed by atoms with Gasteiger partial charge in [-0.15, -0.1) is 13.2 Å². The van der Waals surface area contributed by atoms with Gasteiger partial charge in [0.2, 0.25) is 0 Å². The van der Waals surface area contributed by atoms with Crippen molar-refractivity contribution in [2.45, 2.75) is 118 Å². The first-order valence-electron chi connectivity index (χ1n) is 13.8. The van der Waals surface area contributed by atoms with Crippen LogP contribution in [0.1, 0.15) is 105 Å². The number of carbonyl (C=O) groups is 1. The van der Waals surface area contributed by atoms with E-state index in [2.05, 4.69) is 59.1 Å². The summed E-state index contributed by atoms with van der Waals surface area (Å²) in [6.07, 6.45) is 13.9. The summed E-state index contributed by atoms with van der Waals surface area (Å²) in [7, 11) is 0. The molecule has 0 unspecified atom stereocenters. The second-order valence-electron chi connectivity index (χ2n) is 11.0. The van der Waals surface area contributed by atoms with Gasteiger partial charge in [-0.1, -0.05) is 89.6 Å². The second kappa shape index (κ2) is 18.2. The van der Waals surface area contributed by atoms with E-state index in [1.807, 2.05) is 45.0 Å². The lowest BCUT2D eigenvalue weighted by Gasteiger charge is -2.33. The zero-order chi connectivity index (χ0) is 27.6. The Morgan fingerprint density at radius 1 is 1.11 bits per heavy atom. The van der Waals surface area contributed by atoms with Crippen LogP contribution in [0.4, 0.5) is 0 Å². The third kappa shape index (κ3) is 14.4. The lowest BCUT2D eigenvalue weighted by molar-refractivity contribution is -0.127. The van der Waals surface area contributed by atoms with Gasteiger partial charge in [-0.05, 0) is 57.9 Å². The molecule has 0 spiro atoms. The average molecular weight is 499 g/mol. The maximum Gasteiger partial charge on any atom is 0.138 e. The number of carbonyl (C=O) groups excluding carboxylic acids is 1. The molecule has 36 heavy (non-hydrogen) atoms. The number of ether oxygens (including phenoxy) is 1. The van der Waals surface area contributed by atoms with Gasteiger partial charge in [0, 0.05) is 23.7 Å². The van der Waals surface area contributed by atoms with Crippen LogP contribution in [0.25, 0.3) is 0 Å². The molecule has 0 saturated carbocycles. The molecular formula is C33H54O3. The van der Waals surface area contributed by atoms with Crippen LogP contribution in [-0.2, 0) is 9.53 Å². The zero-order valence-electron chi connectivity index (χ0n) is 24.3. The van der Waals surface area contributed by atoms with Gasteiger partial charge in [-0.2, -0.15) is 0 Å². The number of aryl methyl sites for hydroxylation is 1. The van der Waals surface area contributed by atoms with E-state index in [4.69, 9.17) is 4.74 Å². The van der Waals surface area contributed by atoms with Crippen molar-refractivity contribution in [3.8, 4) is 0 Å². The van der Waals surface area contributed by atoms with Crippen LogP contribution in [0, 0.1) is 17.8 Å². The largest absolute Gasteiger partial charge is 0.494 e. The number of ketones is 1. The number of aliphatic hydroxyl groups excluding tert-OH is 1. The van der Waals surface area contributed by atoms with Gasteiger partial charge in [-0.3, -0.25) is 4.79 Å². The minimum atomic E-state index is -0.333. The lowest BCUT2D eigenvalue weighted by Crippen LogP contribution is -2.24. The molecule has 2 rings (SSSR count). The third-order valence-electron chi connectivity index (χ3n) is 7.05. The van der Waals surface area contributed by atoms with Gasteiger partial charge >= 0.3 is 0 Å². The van der Waals surface area contributed by atoms with Crippen LogP contribution in [0.5, 0.6) is 0 Å². The predicted molar refractivity (Wildman–Crippen MR) is 156 cm³/mol. The predicted octanol–water partition coefficient (Wildman–Crippen LogP) is 9.16. The van der Waals surface area contributed by atoms with Crippen LogP contribution in [0.15, 0.2) is 67.5 Å². The van der Waals surface area contributed by atoms with E-state index in [-0.39, 0.29) is 16.9 Å². The molecule has 1 aromatic carbocycles. The summed E-state index contributed by atoms with van der Waals surface area (Å²) in [5.74, 6) is 1.48. The van der Waals surface area contributed by atoms with Gasteiger partial charge in [0.1, 0.15) is 11.9 Å². The smallest absolute Gasteiger partial charge is 0.138 e. The SMILES string of the molecule is C=CC[C@@H](O)CCCC(=O)C(C)(C)CC.C=CC[C@@H]1CCC=C(C(C)(C)CC)O1.Cc1ccccc1. The molecule has 2 atom stereocenters. The number of rotatable bonds is 12. The van der Waals surface area contributed by atoms with Crippen molar-refractivity contribution in [1.82, 2.24) is 0 Å². The Morgan fingerprint density at radius 3 is 2.22 bits per heavy atom. The fourth-order valence-electron chi connectivity index (χ4n) is 3.53. The number of aliphatic hydroxyl groups is 1. The molecule has 0 aliphatic carbocycles. The second-order valence-corrected chi connectivity index (χ2v) is 11.0. The Hall–Kier alpha value is -2.13. The van der Waals surface area contributed by atoms with Crippen LogP contribution < -0.4 is 0 Å². The molecule has 0 aromatic heterocycles. The molecule has 0 fully saturated rings. The van der Waals surface area contributed by atoms with Crippen LogP contribution in [-0.4, -0.2) is 23.1 Å². The number of allylic oxidation sites excluding steroid dienone is 2. The summed E-state index contributed by atoms with van der Waals surface area (Å²) in [4.78, 5) is 11.7. The quantitative estimate of drug-likeness (QED) is 0.292. The first kappa shape index (κ1) is 33.9. The van der Waals surface area contributed by atoms with Gasteiger partial charge < -0.3 is 9.84 Å². The number of benzene rings is 1. The highest BCUT2D eigenvalue weighted by atomic mass is 16.5. The van der Waals surface area contributed by atoms with E-state index in [0.29, 0.717) is 31.1 Å². The molecule has 1 heterocycles. The van der Waals surface area contributed by atoms with E-state index in [1.54, 1.807) is 6.08 Å². The number of hydrogen-bond acceptors (Lipinski definition) is 3. The standard InChI is InChI=1S/C13H24O2.C13H22O.C7H8/c1-5-8-11(14)9-7-10-12(15)13(3,4)6-2;1-5-8-11-9-7-10-12(14-11)13(3,4)6-2;1-7-5-3-2-4-6-7/h5,11,14H,1,6-10H2,2-4H3;5,10-11H,1,6-9H2,2-4H3;2-6H,1H3/t2*11-;/m11./s1. The summed E-state index contributed by atoms with van der Waals surface area (Å²) in [6.45, 7) is 22.1. The fraction of sp³-hybridized carbons (Fsp3) is 0.606. The summed E-state index contributed by atoms with van der Waals surface area (Å²) in [6, 6.07) is 10.3. The summed E-state index contributed by atoms with van der Waals surface area (Å²) in [5.41, 5.74) is 1.31. The maximum absolute atomic E-state index is 11.7. The van der Waals surface area contributed by atoms with Crippen LogP contribution in [0.2, 0.25) is 0 Å². The first-order chi connectivity index (χ1) is 16.9. The van der Waals surface area contributed by atoms with Crippen LogP contribution >= 0.6 is 0 Å². The Kier molecular flexibility index (Phi) is 17.1. The minimum Gasteiger partial charge on any atom is -0.494 e. The molecule has 1 aliphatic rings. The molecule has 1 N–H and O–H groups in total. The van der Waals surface area contributed by atoms with Crippen molar-refractivity contribution in [3.63, 3.8) is 0 Å². The van der Waals surface area contributed by atoms with Crippen molar-refractivity contribution >= 4 is 5.78 Å². The van der Waals surface area contributed by atoms with Gasteiger partial charge in [0.25, 0.3) is 0 Å². The monoisotopic (exact) mass is 498 g/mol. The highest BCUT2D eigenvalue weighted by Crippen LogP contribution is 2.35. The summed E-state index contributed by atoms with van der Waals surface area (Å²) < 4.78 is 5.97. The van der Waals surface area contributed by atoms with Crippen LogP contribution in [0.3, 0.4) is 0 Å². The Labute approximate surface area is 222 Å². The highest BCUT2D eigenvalue weighted by Gasteiger charge is 2.27. The van der Waals surface area contributed by atoms with E-state index in [9.17, 15) is 9.90 Å². The van der Waals surface area contributed by atoms with Gasteiger partial charge in [-0.25, -0.2) is 0 Å². The lowest BCUT2D eigenvalue weighted by atomic mass is 9.83. The average Bonchev–Trinajstić information content (AvgIpc) is 2.86. The zero-order valence-corrected chi connectivity index (χ0v) is 24.3. The highest BCUT2D eigenvalue weighted by molar-refractivity contribution is 5.83. The molecule has 3 heteroatoms. The summed E-state index contributed by atoms with van der Waals surface area (Å²) in [5, 5.41) is 9.44. The Balaban J connectivity index is 0.000000541. The van der Waals surface area contributed by atoms with Crippen molar-refractivity contribution in [2.24, 2.45) is 10.8 Å². The Morgan fingerprint density at radius 2 is 1.75 bits per heavy atom. The van der Waals surface area contributed by atoms with Gasteiger partial charge in [0.15, 0.2) is 0 Å². The minimum absolute atomic E-state index is 0.194. The van der Waals surface area contributed by atoms with Crippen molar-refractivity contribution in [1.29, 1.82) is 0 Å². The van der Waals surface area contributed by atoms with Gasteiger partial charge in [0.05, 0.1) is 11.9 Å². The third-order valence-corrected chi connectivity index (χ3v) is 7.05. The molecule has 3 nitrogen and oxygen atoms in total. The maximum atomic E-state index is 11.7. The van der Waals surface area contributed by atoms with Crippen molar-refractivity contribution < 1.29 is 14.6 Å². The molecule has 1 aliphatic heterocycles. The molecule has 0 saturated heterocycles. The normalized spacial score (nSPS) is 16.1. The Bertz CT molecular complexity index is 773.